The zero-order chi connectivity index (χ0) is 3.41. The van der Waals surface area contributed by atoms with Crippen molar-refractivity contribution in [2.45, 2.75) is 0 Å². The molecule has 0 aromatic heterocycles. The topological polar surface area (TPSA) is 47.6 Å². The van der Waals surface area contributed by atoms with Crippen LogP contribution in [0.15, 0.2) is 0 Å². The van der Waals surface area contributed by atoms with Gasteiger partial charge >= 0.3 is 0 Å². The third kappa shape index (κ3) is 12.2. The van der Waals surface area contributed by atoms with Gasteiger partial charge in [0.25, 0.3) is 0 Å². The van der Waals surface area contributed by atoms with Gasteiger partial charge in [0.2, 0.25) is 0 Å². The van der Waals surface area contributed by atoms with E-state index in [0.717, 1.165) is 0 Å². The molecule has 0 aliphatic heterocycles. The van der Waals surface area contributed by atoms with Crippen molar-refractivity contribution < 1.29 is 20.1 Å². The van der Waals surface area contributed by atoms with Gasteiger partial charge in [-0.05, 0) is 0 Å². The van der Waals surface area contributed by atoms with Gasteiger partial charge in [0.1, 0.15) is 0 Å². The summed E-state index contributed by atoms with van der Waals surface area (Å²) in [6.45, 7) is 0.472. The van der Waals surface area contributed by atoms with Crippen LogP contribution in [0.1, 0.15) is 0 Å². The Hall–Kier alpha value is 0.569. The van der Waals surface area contributed by atoms with E-state index in [1.165, 1.54) is 0 Å². The number of rotatable bonds is 1. The first-order valence-corrected chi connectivity index (χ1v) is 1.21. The maximum absolute atomic E-state index is 6.26. The van der Waals surface area contributed by atoms with Crippen LogP contribution >= 0.6 is 0 Å². The van der Waals surface area contributed by atoms with E-state index in [-0.39, 0.29) is 33.2 Å². The van der Waals surface area contributed by atoms with Crippen molar-refractivity contribution in [3.05, 3.63) is 11.5 Å². The minimum absolute atomic E-state index is 0. The third-order valence-corrected chi connectivity index (χ3v) is 0.125. The molecule has 2 N–H and O–H groups in total. The Bertz CT molecular complexity index is 9.61. The van der Waals surface area contributed by atoms with Crippen LogP contribution in [0.5, 0.6) is 0 Å². The predicted octanol–water partition coefficient (Wildman–Crippen LogP) is 1.09. The van der Waals surface area contributed by atoms with Crippen LogP contribution in [-0.4, -0.2) is 13.1 Å². The molecule has 1 radical (unpaired) electrons. The summed E-state index contributed by atoms with van der Waals surface area (Å²) in [5.41, 5.74) is 12.5. The van der Waals surface area contributed by atoms with Crippen LogP contribution in [0.3, 0.4) is 0 Å². The summed E-state index contributed by atoms with van der Waals surface area (Å²) in [5.74, 6) is 0. The van der Waals surface area contributed by atoms with E-state index in [1.807, 2.05) is 0 Å². The van der Waals surface area contributed by atoms with Crippen LogP contribution in [0, 0.1) is 0 Å². The molecule has 0 saturated heterocycles. The number of nitrogens with one attached hydrogen (secondary N) is 2. The van der Waals surface area contributed by atoms with Gasteiger partial charge in [0, 0.05) is 20.1 Å². The van der Waals surface area contributed by atoms with E-state index in [0.29, 0.717) is 0 Å². The summed E-state index contributed by atoms with van der Waals surface area (Å²) >= 11 is 0. The Balaban J connectivity index is 0. The minimum Gasteiger partial charge on any atom is -0.679 e. The van der Waals surface area contributed by atoms with Gasteiger partial charge in [-0.15, -0.1) is 0 Å². The van der Waals surface area contributed by atoms with Crippen LogP contribution in [0.25, 0.3) is 11.5 Å². The molecule has 0 aliphatic carbocycles. The molecule has 0 spiro atoms. The normalized spacial score (nSPS) is 6.00. The van der Waals surface area contributed by atoms with Gasteiger partial charge in [0.05, 0.1) is 0 Å². The largest absolute Gasteiger partial charge is 0.679 e. The molecule has 0 unspecified atom stereocenters. The smallest absolute Gasteiger partial charge is 0 e. The van der Waals surface area contributed by atoms with Crippen LogP contribution in [0.4, 0.5) is 0 Å². The molecule has 3 heteroatoms. The zero-order valence-electron chi connectivity index (χ0n) is 2.75. The Morgan fingerprint density at radius 2 is 1.20 bits per heavy atom. The molecule has 0 rings (SSSR count). The summed E-state index contributed by atoms with van der Waals surface area (Å²) in [7, 11) is 0. The minimum atomic E-state index is 0. The molecular weight excluding hydrogens is 244 g/mol. The molecule has 0 bridgehead atoms. The van der Waals surface area contributed by atoms with Crippen LogP contribution in [-0.2, 0) is 20.1 Å². The predicted molar refractivity (Wildman–Crippen MR) is 18.4 cm³/mol. The zero-order valence-corrected chi connectivity index (χ0v) is 5.14. The van der Waals surface area contributed by atoms with E-state index < -0.39 is 0 Å². The molecule has 0 heterocycles. The molecule has 0 aromatic rings. The monoisotopic (exact) mass is 251 g/mol. The molecule has 0 aromatic carbocycles. The molecule has 0 amide bonds. The summed E-state index contributed by atoms with van der Waals surface area (Å²) < 4.78 is 0. The first-order valence-electron chi connectivity index (χ1n) is 1.21. The van der Waals surface area contributed by atoms with Crippen LogP contribution < -0.4 is 0 Å². The van der Waals surface area contributed by atoms with Crippen molar-refractivity contribution in [2.24, 2.45) is 0 Å². The van der Waals surface area contributed by atoms with Crippen LogP contribution in [0.2, 0.25) is 0 Å². The Morgan fingerprint density at radius 3 is 1.20 bits per heavy atom. The Kier molecular flexibility index (Phi) is 16.1. The van der Waals surface area contributed by atoms with Gasteiger partial charge in [-0.25, -0.2) is 0 Å². The fourth-order valence-corrected chi connectivity index (χ4v) is 0. The Labute approximate surface area is 45.3 Å². The average Bonchev–Trinajstić information content (AvgIpc) is 1.37. The van der Waals surface area contributed by atoms with Crippen molar-refractivity contribution >= 4 is 0 Å². The second-order valence-corrected chi connectivity index (χ2v) is 0.500. The molecule has 0 atom stereocenters. The van der Waals surface area contributed by atoms with E-state index >= 15 is 0 Å². The van der Waals surface area contributed by atoms with Crippen molar-refractivity contribution in [3.8, 4) is 0 Å². The van der Waals surface area contributed by atoms with Gasteiger partial charge in [-0.1, -0.05) is 0 Å². The SMILES string of the molecule is [Ir].[NH-]CC[NH-]. The third-order valence-electron chi connectivity index (χ3n) is 0.125. The van der Waals surface area contributed by atoms with Crippen molar-refractivity contribution in [1.29, 1.82) is 0 Å². The van der Waals surface area contributed by atoms with E-state index in [4.69, 9.17) is 11.5 Å². The van der Waals surface area contributed by atoms with Gasteiger partial charge < -0.3 is 11.5 Å². The second-order valence-electron chi connectivity index (χ2n) is 0.500. The van der Waals surface area contributed by atoms with Gasteiger partial charge in [-0.3, -0.25) is 0 Å². The van der Waals surface area contributed by atoms with Gasteiger partial charge in [0.15, 0.2) is 0 Å². The molecule has 2 nitrogen and oxygen atoms in total. The summed E-state index contributed by atoms with van der Waals surface area (Å²) in [4.78, 5) is 0. The van der Waals surface area contributed by atoms with Crippen molar-refractivity contribution in [1.82, 2.24) is 0 Å². The molecule has 5 heavy (non-hydrogen) atoms. The summed E-state index contributed by atoms with van der Waals surface area (Å²) in [6.07, 6.45) is 0. The fourth-order valence-electron chi connectivity index (χ4n) is 0. The molecule has 0 fully saturated rings. The van der Waals surface area contributed by atoms with Gasteiger partial charge in [-0.2, -0.15) is 13.1 Å². The molecule has 0 saturated carbocycles. The number of hydrogen-bond acceptors (Lipinski definition) is 0. The quantitative estimate of drug-likeness (QED) is 0.669. The second kappa shape index (κ2) is 8.82. The molecule has 35 valence electrons. The first-order chi connectivity index (χ1) is 1.91. The number of hydrogen-bond donors (Lipinski definition) is 0. The van der Waals surface area contributed by atoms with E-state index in [2.05, 4.69) is 0 Å². The van der Waals surface area contributed by atoms with E-state index in [1.54, 1.807) is 0 Å². The Morgan fingerprint density at radius 1 is 1.00 bits per heavy atom. The maximum Gasteiger partial charge on any atom is 0 e. The standard InChI is InChI=1S/C2H6N2.Ir/c3-1-2-4;/h3-4H,1-2H2;/q-2;. The summed E-state index contributed by atoms with van der Waals surface area (Å²) in [6, 6.07) is 0. The van der Waals surface area contributed by atoms with Crippen molar-refractivity contribution in [3.63, 3.8) is 0 Å². The molecular formula is C2H6IrN2-2. The first kappa shape index (κ1) is 9.13. The maximum atomic E-state index is 6.26. The van der Waals surface area contributed by atoms with Crippen molar-refractivity contribution in [2.75, 3.05) is 13.1 Å². The average molecular weight is 250 g/mol. The van der Waals surface area contributed by atoms with E-state index in [9.17, 15) is 0 Å². The summed E-state index contributed by atoms with van der Waals surface area (Å²) in [5, 5.41) is 0. The molecule has 0 aliphatic rings. The fraction of sp³-hybridized carbons (Fsp3) is 1.00.